The lowest BCUT2D eigenvalue weighted by atomic mass is 9.75. The van der Waals surface area contributed by atoms with Gasteiger partial charge in [-0.25, -0.2) is 0 Å². The van der Waals surface area contributed by atoms with Gasteiger partial charge in [-0.05, 0) is 110 Å². The standard InChI is InChI=1S/C17H30O2.C13H22O2/c1-4-16(2,3)15(18)19-17(12-8-9-13-17)14-10-6-5-7-11-14;1-5-12(3,4)11(14)15-13(6-2)9-7-8-10-13/h14H,4-13H2,1-3H3;7,9H,5-6,8,10H2,1-4H3. The normalized spacial score (nSPS) is 24.9. The quantitative estimate of drug-likeness (QED) is 0.261. The van der Waals surface area contributed by atoms with Crippen LogP contribution < -0.4 is 0 Å². The molecule has 1 atom stereocenters. The average molecular weight is 477 g/mol. The zero-order valence-electron chi connectivity index (χ0n) is 23.3. The summed E-state index contributed by atoms with van der Waals surface area (Å²) in [7, 11) is 0. The number of hydrogen-bond acceptors (Lipinski definition) is 4. The molecule has 4 heteroatoms. The summed E-state index contributed by atoms with van der Waals surface area (Å²) in [5.74, 6) is 0.584. The number of carbonyl (C=O) groups is 2. The molecule has 0 saturated heterocycles. The first-order valence-electron chi connectivity index (χ1n) is 14.1. The number of allylic oxidation sites excluding steroid dienone is 1. The summed E-state index contributed by atoms with van der Waals surface area (Å²) in [6.45, 7) is 14.1. The molecule has 0 aliphatic heterocycles. The van der Waals surface area contributed by atoms with Crippen LogP contribution in [0.4, 0.5) is 0 Å². The van der Waals surface area contributed by atoms with Crippen LogP contribution >= 0.6 is 0 Å². The minimum absolute atomic E-state index is 0.0301. The molecule has 3 rings (SSSR count). The molecule has 0 radical (unpaired) electrons. The predicted octanol–water partition coefficient (Wildman–Crippen LogP) is 8.32. The molecular formula is C30H52O4. The maximum atomic E-state index is 12.5. The highest BCUT2D eigenvalue weighted by Crippen LogP contribution is 2.46. The molecule has 34 heavy (non-hydrogen) atoms. The zero-order chi connectivity index (χ0) is 25.5. The molecule has 0 bridgehead atoms. The van der Waals surface area contributed by atoms with Crippen molar-refractivity contribution in [1.82, 2.24) is 0 Å². The van der Waals surface area contributed by atoms with Gasteiger partial charge in [0.05, 0.1) is 10.8 Å². The van der Waals surface area contributed by atoms with Gasteiger partial charge in [-0.1, -0.05) is 46.1 Å². The molecule has 2 saturated carbocycles. The highest BCUT2D eigenvalue weighted by molar-refractivity contribution is 5.77. The molecule has 0 N–H and O–H groups in total. The fourth-order valence-corrected chi connectivity index (χ4v) is 5.29. The van der Waals surface area contributed by atoms with Crippen molar-refractivity contribution in [2.45, 2.75) is 150 Å². The summed E-state index contributed by atoms with van der Waals surface area (Å²) < 4.78 is 11.8. The van der Waals surface area contributed by atoms with Gasteiger partial charge in [0.25, 0.3) is 0 Å². The van der Waals surface area contributed by atoms with E-state index in [1.807, 2.05) is 34.6 Å². The third-order valence-electron chi connectivity index (χ3n) is 9.02. The van der Waals surface area contributed by atoms with Crippen molar-refractivity contribution in [2.24, 2.45) is 16.7 Å². The largest absolute Gasteiger partial charge is 0.458 e. The smallest absolute Gasteiger partial charge is 0.312 e. The summed E-state index contributed by atoms with van der Waals surface area (Å²) in [5.41, 5.74) is -1.11. The molecule has 4 nitrogen and oxygen atoms in total. The van der Waals surface area contributed by atoms with E-state index in [2.05, 4.69) is 26.0 Å². The molecule has 0 aromatic heterocycles. The Balaban J connectivity index is 0.000000248. The van der Waals surface area contributed by atoms with E-state index in [1.54, 1.807) is 0 Å². The van der Waals surface area contributed by atoms with Crippen LogP contribution in [-0.4, -0.2) is 23.1 Å². The highest BCUT2D eigenvalue weighted by Gasteiger charge is 2.46. The first-order valence-corrected chi connectivity index (χ1v) is 14.1. The summed E-state index contributed by atoms with van der Waals surface area (Å²) in [4.78, 5) is 24.4. The Morgan fingerprint density at radius 1 is 0.794 bits per heavy atom. The lowest BCUT2D eigenvalue weighted by molar-refractivity contribution is -0.178. The maximum Gasteiger partial charge on any atom is 0.312 e. The number of esters is 2. The summed E-state index contributed by atoms with van der Waals surface area (Å²) in [5, 5.41) is 0. The molecule has 0 aromatic carbocycles. The van der Waals surface area contributed by atoms with Crippen molar-refractivity contribution in [2.75, 3.05) is 0 Å². The molecule has 2 fully saturated rings. The molecule has 3 aliphatic rings. The second-order valence-corrected chi connectivity index (χ2v) is 12.2. The number of hydrogen-bond donors (Lipinski definition) is 0. The van der Waals surface area contributed by atoms with Crippen molar-refractivity contribution in [1.29, 1.82) is 0 Å². The van der Waals surface area contributed by atoms with E-state index in [4.69, 9.17) is 9.47 Å². The van der Waals surface area contributed by atoms with E-state index in [1.165, 1.54) is 44.9 Å². The van der Waals surface area contributed by atoms with Gasteiger partial charge in [0.2, 0.25) is 0 Å². The minimum atomic E-state index is -0.362. The van der Waals surface area contributed by atoms with Crippen LogP contribution in [0.25, 0.3) is 0 Å². The molecule has 0 heterocycles. The average Bonchev–Trinajstić information content (AvgIpc) is 3.51. The third kappa shape index (κ3) is 7.10. The van der Waals surface area contributed by atoms with Crippen molar-refractivity contribution >= 4 is 11.9 Å². The summed E-state index contributed by atoms with van der Waals surface area (Å²) in [6.07, 6.45) is 19.9. The molecule has 1 unspecified atom stereocenters. The molecule has 3 aliphatic carbocycles. The van der Waals surface area contributed by atoms with Gasteiger partial charge in [-0.15, -0.1) is 0 Å². The monoisotopic (exact) mass is 476 g/mol. The maximum absolute atomic E-state index is 12.5. The second-order valence-electron chi connectivity index (χ2n) is 12.2. The second kappa shape index (κ2) is 12.1. The van der Waals surface area contributed by atoms with Gasteiger partial charge in [0, 0.05) is 0 Å². The first-order chi connectivity index (χ1) is 16.0. The molecular weight excluding hydrogens is 424 g/mol. The van der Waals surface area contributed by atoms with Crippen LogP contribution in [0, 0.1) is 16.7 Å². The van der Waals surface area contributed by atoms with Crippen molar-refractivity contribution in [3.05, 3.63) is 12.2 Å². The first kappa shape index (κ1) is 28.9. The number of carbonyl (C=O) groups excluding carboxylic acids is 2. The Morgan fingerprint density at radius 3 is 1.76 bits per heavy atom. The van der Waals surface area contributed by atoms with Crippen LogP contribution in [0.2, 0.25) is 0 Å². The Hall–Kier alpha value is -1.32. The van der Waals surface area contributed by atoms with E-state index < -0.39 is 0 Å². The van der Waals surface area contributed by atoms with Crippen LogP contribution in [-0.2, 0) is 19.1 Å². The van der Waals surface area contributed by atoms with Gasteiger partial charge in [0.15, 0.2) is 0 Å². The van der Waals surface area contributed by atoms with Crippen LogP contribution in [0.5, 0.6) is 0 Å². The lowest BCUT2D eigenvalue weighted by Crippen LogP contribution is -2.44. The van der Waals surface area contributed by atoms with Crippen molar-refractivity contribution in [3.63, 3.8) is 0 Å². The molecule has 0 amide bonds. The van der Waals surface area contributed by atoms with E-state index in [9.17, 15) is 9.59 Å². The van der Waals surface area contributed by atoms with E-state index in [0.29, 0.717) is 5.92 Å². The molecule has 0 spiro atoms. The summed E-state index contributed by atoms with van der Waals surface area (Å²) >= 11 is 0. The van der Waals surface area contributed by atoms with Gasteiger partial charge in [0.1, 0.15) is 11.2 Å². The molecule has 196 valence electrons. The van der Waals surface area contributed by atoms with Gasteiger partial charge in [-0.2, -0.15) is 0 Å². The summed E-state index contributed by atoms with van der Waals surface area (Å²) in [6, 6.07) is 0. The lowest BCUT2D eigenvalue weighted by Gasteiger charge is -2.41. The van der Waals surface area contributed by atoms with Crippen molar-refractivity contribution in [3.8, 4) is 0 Å². The van der Waals surface area contributed by atoms with Crippen LogP contribution in [0.3, 0.4) is 0 Å². The van der Waals surface area contributed by atoms with Crippen LogP contribution in [0.1, 0.15) is 138 Å². The zero-order valence-corrected chi connectivity index (χ0v) is 23.3. The van der Waals surface area contributed by atoms with E-state index in [0.717, 1.165) is 44.9 Å². The van der Waals surface area contributed by atoms with Gasteiger partial charge in [-0.3, -0.25) is 9.59 Å². The Morgan fingerprint density at radius 2 is 1.32 bits per heavy atom. The minimum Gasteiger partial charge on any atom is -0.458 e. The van der Waals surface area contributed by atoms with Gasteiger partial charge >= 0.3 is 11.9 Å². The van der Waals surface area contributed by atoms with Crippen LogP contribution in [0.15, 0.2) is 12.2 Å². The number of rotatable bonds is 8. The number of ether oxygens (including phenoxy) is 2. The fraction of sp³-hybridized carbons (Fsp3) is 0.867. The SMILES string of the molecule is CCC(C)(C)C(=O)OC1(C2CCCCC2)CCCC1.CCC1(OC(=O)C(C)(C)CC)C=CCC1. The Kier molecular flexibility index (Phi) is 10.3. The van der Waals surface area contributed by atoms with Crippen molar-refractivity contribution < 1.29 is 19.1 Å². The Bertz CT molecular complexity index is 693. The highest BCUT2D eigenvalue weighted by atomic mass is 16.6. The van der Waals surface area contributed by atoms with E-state index in [-0.39, 0.29) is 34.0 Å². The fourth-order valence-electron chi connectivity index (χ4n) is 5.29. The topological polar surface area (TPSA) is 52.6 Å². The molecule has 0 aromatic rings. The predicted molar refractivity (Wildman–Crippen MR) is 139 cm³/mol. The van der Waals surface area contributed by atoms with E-state index >= 15 is 0 Å². The Labute approximate surface area is 209 Å². The van der Waals surface area contributed by atoms with Gasteiger partial charge < -0.3 is 9.47 Å². The third-order valence-corrected chi connectivity index (χ3v) is 9.02.